The van der Waals surface area contributed by atoms with Crippen LogP contribution in [0.5, 0.6) is 11.5 Å². The SMILES string of the molecule is C=C=Cc1ccc2c(c1)OCO2. The molecule has 1 aromatic carbocycles. The first-order chi connectivity index (χ1) is 5.90. The van der Waals surface area contributed by atoms with Crippen molar-refractivity contribution in [2.24, 2.45) is 0 Å². The number of hydrogen-bond acceptors (Lipinski definition) is 2. The molecular formula is C10H8O2. The van der Waals surface area contributed by atoms with E-state index in [9.17, 15) is 0 Å². The zero-order valence-electron chi connectivity index (χ0n) is 6.54. The predicted molar refractivity (Wildman–Crippen MR) is 46.2 cm³/mol. The summed E-state index contributed by atoms with van der Waals surface area (Å²) in [7, 11) is 0. The molecule has 60 valence electrons. The van der Waals surface area contributed by atoms with E-state index in [0.717, 1.165) is 17.1 Å². The molecule has 2 rings (SSSR count). The zero-order valence-corrected chi connectivity index (χ0v) is 6.54. The number of hydrogen-bond donors (Lipinski definition) is 0. The summed E-state index contributed by atoms with van der Waals surface area (Å²) in [6.45, 7) is 3.81. The summed E-state index contributed by atoms with van der Waals surface area (Å²) in [5.41, 5.74) is 3.73. The van der Waals surface area contributed by atoms with Crippen molar-refractivity contribution >= 4 is 6.08 Å². The smallest absolute Gasteiger partial charge is 0.231 e. The molecule has 0 N–H and O–H groups in total. The molecule has 1 aromatic rings. The molecule has 0 aliphatic carbocycles. The third-order valence-corrected chi connectivity index (χ3v) is 1.67. The molecule has 0 radical (unpaired) electrons. The predicted octanol–water partition coefficient (Wildman–Crippen LogP) is 2.21. The second-order valence-corrected chi connectivity index (χ2v) is 2.46. The molecule has 0 amide bonds. The summed E-state index contributed by atoms with van der Waals surface area (Å²) in [6.07, 6.45) is 1.79. The maximum absolute atomic E-state index is 5.20. The lowest BCUT2D eigenvalue weighted by molar-refractivity contribution is 0.174. The fourth-order valence-corrected chi connectivity index (χ4v) is 1.12. The molecule has 1 aliphatic heterocycles. The summed E-state index contributed by atoms with van der Waals surface area (Å²) in [4.78, 5) is 0. The van der Waals surface area contributed by atoms with Crippen molar-refractivity contribution in [1.29, 1.82) is 0 Å². The minimum absolute atomic E-state index is 0.316. The van der Waals surface area contributed by atoms with Crippen molar-refractivity contribution in [3.05, 3.63) is 36.1 Å². The van der Waals surface area contributed by atoms with Crippen molar-refractivity contribution in [2.75, 3.05) is 6.79 Å². The van der Waals surface area contributed by atoms with Crippen LogP contribution in [0.4, 0.5) is 0 Å². The van der Waals surface area contributed by atoms with E-state index in [1.807, 2.05) is 18.2 Å². The summed E-state index contributed by atoms with van der Waals surface area (Å²) < 4.78 is 10.4. The minimum atomic E-state index is 0.316. The molecule has 0 fully saturated rings. The van der Waals surface area contributed by atoms with Gasteiger partial charge in [0, 0.05) is 0 Å². The van der Waals surface area contributed by atoms with Crippen LogP contribution in [0.15, 0.2) is 30.5 Å². The molecule has 0 aromatic heterocycles. The van der Waals surface area contributed by atoms with Gasteiger partial charge < -0.3 is 9.47 Å². The lowest BCUT2D eigenvalue weighted by Crippen LogP contribution is -1.92. The zero-order chi connectivity index (χ0) is 8.39. The van der Waals surface area contributed by atoms with Crippen molar-refractivity contribution < 1.29 is 9.47 Å². The molecule has 0 bridgehead atoms. The van der Waals surface area contributed by atoms with Gasteiger partial charge in [-0.05, 0) is 23.8 Å². The highest BCUT2D eigenvalue weighted by Gasteiger charge is 2.11. The maximum Gasteiger partial charge on any atom is 0.231 e. The van der Waals surface area contributed by atoms with E-state index in [2.05, 4.69) is 12.3 Å². The fraction of sp³-hybridized carbons (Fsp3) is 0.100. The van der Waals surface area contributed by atoms with Gasteiger partial charge in [0.15, 0.2) is 11.5 Å². The highest BCUT2D eigenvalue weighted by atomic mass is 16.7. The van der Waals surface area contributed by atoms with E-state index in [-0.39, 0.29) is 0 Å². The summed E-state index contributed by atoms with van der Waals surface area (Å²) >= 11 is 0. The van der Waals surface area contributed by atoms with Crippen molar-refractivity contribution in [1.82, 2.24) is 0 Å². The van der Waals surface area contributed by atoms with E-state index in [4.69, 9.17) is 9.47 Å². The Morgan fingerprint density at radius 3 is 3.00 bits per heavy atom. The first-order valence-corrected chi connectivity index (χ1v) is 3.65. The van der Waals surface area contributed by atoms with E-state index >= 15 is 0 Å². The molecule has 0 spiro atoms. The lowest BCUT2D eigenvalue weighted by Gasteiger charge is -1.95. The number of benzene rings is 1. The molecule has 0 unspecified atom stereocenters. The molecule has 1 aliphatic rings. The number of ether oxygens (including phenoxy) is 2. The average molecular weight is 160 g/mol. The van der Waals surface area contributed by atoms with E-state index in [1.165, 1.54) is 0 Å². The first kappa shape index (κ1) is 7.01. The van der Waals surface area contributed by atoms with Crippen LogP contribution in [-0.2, 0) is 0 Å². The standard InChI is InChI=1S/C10H8O2/c1-2-3-8-4-5-9-10(6-8)12-7-11-9/h3-6H,1,7H2. The third kappa shape index (κ3) is 1.09. The molecule has 0 atom stereocenters. The van der Waals surface area contributed by atoms with Gasteiger partial charge >= 0.3 is 0 Å². The maximum atomic E-state index is 5.20. The Balaban J connectivity index is 2.45. The molecule has 1 heterocycles. The number of fused-ring (bicyclic) bond motifs is 1. The fourth-order valence-electron chi connectivity index (χ4n) is 1.12. The first-order valence-electron chi connectivity index (χ1n) is 3.65. The van der Waals surface area contributed by atoms with Gasteiger partial charge in [-0.15, -0.1) is 5.73 Å². The van der Waals surface area contributed by atoms with Gasteiger partial charge in [0.1, 0.15) is 0 Å². The van der Waals surface area contributed by atoms with Gasteiger partial charge in [0.05, 0.1) is 0 Å². The van der Waals surface area contributed by atoms with E-state index in [1.54, 1.807) is 6.08 Å². The molecule has 0 saturated carbocycles. The summed E-state index contributed by atoms with van der Waals surface area (Å²) in [6, 6.07) is 5.72. The summed E-state index contributed by atoms with van der Waals surface area (Å²) in [5, 5.41) is 0. The lowest BCUT2D eigenvalue weighted by atomic mass is 10.2. The van der Waals surface area contributed by atoms with Crippen LogP contribution in [0.2, 0.25) is 0 Å². The largest absolute Gasteiger partial charge is 0.454 e. The second kappa shape index (κ2) is 2.76. The molecule has 2 heteroatoms. The Kier molecular flexibility index (Phi) is 1.61. The molecule has 12 heavy (non-hydrogen) atoms. The quantitative estimate of drug-likeness (QED) is 0.586. The normalized spacial score (nSPS) is 12.3. The minimum Gasteiger partial charge on any atom is -0.454 e. The highest BCUT2D eigenvalue weighted by molar-refractivity contribution is 5.55. The van der Waals surface area contributed by atoms with Gasteiger partial charge in [0.2, 0.25) is 6.79 Å². The highest BCUT2D eigenvalue weighted by Crippen LogP contribution is 2.32. The monoisotopic (exact) mass is 160 g/mol. The van der Waals surface area contributed by atoms with Crippen molar-refractivity contribution in [3.63, 3.8) is 0 Å². The van der Waals surface area contributed by atoms with E-state index in [0.29, 0.717) is 6.79 Å². The van der Waals surface area contributed by atoms with E-state index < -0.39 is 0 Å². The Labute approximate surface area is 70.7 Å². The van der Waals surface area contributed by atoms with Crippen LogP contribution in [0.3, 0.4) is 0 Å². The van der Waals surface area contributed by atoms with Gasteiger partial charge in [-0.25, -0.2) is 0 Å². The van der Waals surface area contributed by atoms with Crippen LogP contribution in [-0.4, -0.2) is 6.79 Å². The Hall–Kier alpha value is -1.66. The third-order valence-electron chi connectivity index (χ3n) is 1.67. The Morgan fingerprint density at radius 1 is 1.33 bits per heavy atom. The van der Waals surface area contributed by atoms with Crippen molar-refractivity contribution in [2.45, 2.75) is 0 Å². The van der Waals surface area contributed by atoms with Crippen molar-refractivity contribution in [3.8, 4) is 11.5 Å². The average Bonchev–Trinajstić information content (AvgIpc) is 2.51. The van der Waals surface area contributed by atoms with Gasteiger partial charge in [-0.2, -0.15) is 0 Å². The van der Waals surface area contributed by atoms with Crippen LogP contribution in [0.25, 0.3) is 6.08 Å². The second-order valence-electron chi connectivity index (χ2n) is 2.46. The van der Waals surface area contributed by atoms with Crippen LogP contribution < -0.4 is 9.47 Å². The molecule has 0 saturated heterocycles. The van der Waals surface area contributed by atoms with Crippen LogP contribution >= 0.6 is 0 Å². The van der Waals surface area contributed by atoms with Gasteiger partial charge in [0.25, 0.3) is 0 Å². The Morgan fingerprint density at radius 2 is 2.17 bits per heavy atom. The molecule has 2 nitrogen and oxygen atoms in total. The molecular weight excluding hydrogens is 152 g/mol. The summed E-state index contributed by atoms with van der Waals surface area (Å²) in [5.74, 6) is 1.59. The van der Waals surface area contributed by atoms with Crippen LogP contribution in [0, 0.1) is 0 Å². The van der Waals surface area contributed by atoms with Gasteiger partial charge in [-0.1, -0.05) is 12.6 Å². The van der Waals surface area contributed by atoms with Crippen LogP contribution in [0.1, 0.15) is 5.56 Å². The Bertz CT molecular complexity index is 349. The van der Waals surface area contributed by atoms with Gasteiger partial charge in [-0.3, -0.25) is 0 Å². The number of rotatable bonds is 1. The topological polar surface area (TPSA) is 18.5 Å².